The number of hydrogen-bond acceptors (Lipinski definition) is 7. The molecule has 37 heavy (non-hydrogen) atoms. The number of allylic oxidation sites excluding steroid dienone is 1. The summed E-state index contributed by atoms with van der Waals surface area (Å²) in [6.45, 7) is 1.71. The van der Waals surface area contributed by atoms with Crippen molar-refractivity contribution >= 4 is 46.6 Å². The molecule has 10 heteroatoms. The largest absolute Gasteiger partial charge is 0.496 e. The van der Waals surface area contributed by atoms with Gasteiger partial charge in [-0.3, -0.25) is 9.36 Å². The van der Waals surface area contributed by atoms with Crippen LogP contribution in [0.1, 0.15) is 24.3 Å². The normalized spacial score (nSPS) is 15.4. The third-order valence-electron chi connectivity index (χ3n) is 5.92. The Morgan fingerprint density at radius 3 is 2.62 bits per heavy atom. The summed E-state index contributed by atoms with van der Waals surface area (Å²) in [7, 11) is 2.80. The molecule has 2 aromatic heterocycles. The second-order valence-electron chi connectivity index (χ2n) is 8.17. The van der Waals surface area contributed by atoms with Crippen LogP contribution in [0.4, 0.5) is 0 Å². The minimum Gasteiger partial charge on any atom is -0.496 e. The van der Waals surface area contributed by atoms with Crippen molar-refractivity contribution in [3.63, 3.8) is 0 Å². The van der Waals surface area contributed by atoms with E-state index >= 15 is 0 Å². The molecule has 3 heterocycles. The Bertz CT molecular complexity index is 1750. The quantitative estimate of drug-likeness (QED) is 0.325. The van der Waals surface area contributed by atoms with E-state index in [0.717, 1.165) is 5.56 Å². The number of benzene rings is 2. The van der Waals surface area contributed by atoms with Crippen molar-refractivity contribution in [3.8, 4) is 17.1 Å². The fraction of sp³-hybridized carbons (Fsp3) is 0.148. The Kier molecular flexibility index (Phi) is 6.81. The van der Waals surface area contributed by atoms with Crippen molar-refractivity contribution in [1.82, 2.24) is 4.57 Å². The van der Waals surface area contributed by atoms with Gasteiger partial charge in [0, 0.05) is 27.2 Å². The lowest BCUT2D eigenvalue weighted by molar-refractivity contribution is -0.136. The first-order chi connectivity index (χ1) is 17.8. The van der Waals surface area contributed by atoms with Crippen LogP contribution in [0, 0.1) is 0 Å². The Morgan fingerprint density at radius 1 is 1.11 bits per heavy atom. The van der Waals surface area contributed by atoms with E-state index in [1.54, 1.807) is 49.4 Å². The number of halogens is 2. The lowest BCUT2D eigenvalue weighted by Crippen LogP contribution is -2.40. The van der Waals surface area contributed by atoms with Crippen LogP contribution in [-0.4, -0.2) is 24.8 Å². The molecule has 0 radical (unpaired) electrons. The monoisotopic (exact) mass is 554 g/mol. The van der Waals surface area contributed by atoms with E-state index in [1.165, 1.54) is 30.1 Å². The number of methoxy groups -OCH3 is 2. The van der Waals surface area contributed by atoms with E-state index in [2.05, 4.69) is 4.99 Å². The zero-order valence-corrected chi connectivity index (χ0v) is 22.3. The van der Waals surface area contributed by atoms with Crippen molar-refractivity contribution in [2.24, 2.45) is 4.99 Å². The average Bonchev–Trinajstić information content (AvgIpc) is 3.47. The second-order valence-corrected chi connectivity index (χ2v) is 10.1. The van der Waals surface area contributed by atoms with E-state index in [1.807, 2.05) is 18.2 Å². The number of furan rings is 1. The molecule has 1 aliphatic heterocycles. The van der Waals surface area contributed by atoms with Crippen LogP contribution >= 0.6 is 34.5 Å². The molecule has 1 atom stereocenters. The summed E-state index contributed by atoms with van der Waals surface area (Å²) in [4.78, 5) is 31.6. The smallest absolute Gasteiger partial charge is 0.338 e. The van der Waals surface area contributed by atoms with Gasteiger partial charge in [0.05, 0.1) is 30.0 Å². The highest BCUT2D eigenvalue weighted by Gasteiger charge is 2.35. The number of aromatic nitrogens is 1. The average molecular weight is 555 g/mol. The Labute approximate surface area is 225 Å². The van der Waals surface area contributed by atoms with Gasteiger partial charge in [-0.1, -0.05) is 46.7 Å². The topological polar surface area (TPSA) is 83.0 Å². The highest BCUT2D eigenvalue weighted by molar-refractivity contribution is 7.07. The van der Waals surface area contributed by atoms with E-state index in [0.29, 0.717) is 47.9 Å². The fourth-order valence-electron chi connectivity index (χ4n) is 4.26. The summed E-state index contributed by atoms with van der Waals surface area (Å²) >= 11 is 13.6. The van der Waals surface area contributed by atoms with Gasteiger partial charge >= 0.3 is 5.97 Å². The van der Waals surface area contributed by atoms with Crippen molar-refractivity contribution in [2.45, 2.75) is 13.0 Å². The second kappa shape index (κ2) is 10.0. The maximum atomic E-state index is 13.7. The summed E-state index contributed by atoms with van der Waals surface area (Å²) < 4.78 is 18.4. The highest BCUT2D eigenvalue weighted by atomic mass is 35.5. The first-order valence-electron chi connectivity index (χ1n) is 11.1. The number of rotatable bonds is 5. The molecular formula is C27H20Cl2N2O5S. The lowest BCUT2D eigenvalue weighted by Gasteiger charge is -2.25. The fourth-order valence-corrected chi connectivity index (χ4v) is 5.66. The van der Waals surface area contributed by atoms with Gasteiger partial charge in [-0.2, -0.15) is 0 Å². The molecule has 7 nitrogen and oxygen atoms in total. The third kappa shape index (κ3) is 4.64. The van der Waals surface area contributed by atoms with Crippen molar-refractivity contribution in [3.05, 3.63) is 107 Å². The Morgan fingerprint density at radius 2 is 1.89 bits per heavy atom. The number of carbonyl (C=O) groups is 1. The maximum Gasteiger partial charge on any atom is 0.338 e. The van der Waals surface area contributed by atoms with Crippen LogP contribution in [0.25, 0.3) is 17.4 Å². The van der Waals surface area contributed by atoms with Gasteiger partial charge in [-0.15, -0.1) is 0 Å². The van der Waals surface area contributed by atoms with Crippen molar-refractivity contribution < 1.29 is 18.7 Å². The predicted molar refractivity (Wildman–Crippen MR) is 143 cm³/mol. The lowest BCUT2D eigenvalue weighted by atomic mass is 9.95. The van der Waals surface area contributed by atoms with Gasteiger partial charge in [0.15, 0.2) is 4.80 Å². The van der Waals surface area contributed by atoms with Crippen LogP contribution in [0.15, 0.2) is 80.1 Å². The van der Waals surface area contributed by atoms with Gasteiger partial charge < -0.3 is 13.9 Å². The summed E-state index contributed by atoms with van der Waals surface area (Å²) in [5.41, 5.74) is 1.68. The first-order valence-corrected chi connectivity index (χ1v) is 12.7. The molecule has 188 valence electrons. The van der Waals surface area contributed by atoms with E-state index in [4.69, 9.17) is 37.1 Å². The summed E-state index contributed by atoms with van der Waals surface area (Å²) in [5.74, 6) is 0.977. The zero-order chi connectivity index (χ0) is 26.3. The molecule has 0 unspecified atom stereocenters. The number of carbonyl (C=O) groups excluding carboxylic acids is 1. The molecule has 0 amide bonds. The summed E-state index contributed by atoms with van der Waals surface area (Å²) in [5, 5.41) is 1.03. The molecule has 2 aromatic carbocycles. The van der Waals surface area contributed by atoms with Crippen LogP contribution in [0.5, 0.6) is 5.75 Å². The minimum atomic E-state index is -0.849. The molecule has 1 aliphatic rings. The van der Waals surface area contributed by atoms with Crippen LogP contribution < -0.4 is 19.6 Å². The number of hydrogen-bond donors (Lipinski definition) is 0. The number of nitrogens with zero attached hydrogens (tertiary/aromatic N) is 2. The number of fused-ring (bicyclic) bond motifs is 1. The van der Waals surface area contributed by atoms with Crippen molar-refractivity contribution in [1.29, 1.82) is 0 Å². The predicted octanol–water partition coefficient (Wildman–Crippen LogP) is 4.98. The standard InChI is InChI=1S/C27H20Cl2N2O5S/c1-14-23(26(33)35-3)24(19-12-17(29)7-9-21(19)34-2)31-25(32)22(37-27(31)30-14)13-18-8-10-20(36-18)15-5-4-6-16(28)11-15/h4-13,24H,1-3H3/b22-13-/t24-/m0/s1. The van der Waals surface area contributed by atoms with Crippen molar-refractivity contribution in [2.75, 3.05) is 14.2 Å². The Hall–Kier alpha value is -3.59. The third-order valence-corrected chi connectivity index (χ3v) is 7.38. The highest BCUT2D eigenvalue weighted by Crippen LogP contribution is 2.37. The van der Waals surface area contributed by atoms with E-state index in [-0.39, 0.29) is 11.1 Å². The molecule has 0 aliphatic carbocycles. The van der Waals surface area contributed by atoms with Gasteiger partial charge in [-0.05, 0) is 49.4 Å². The van der Waals surface area contributed by atoms with Gasteiger partial charge in [0.1, 0.15) is 23.3 Å². The number of thiazole rings is 1. The molecular weight excluding hydrogens is 535 g/mol. The molecule has 0 spiro atoms. The molecule has 0 N–H and O–H groups in total. The Balaban J connectivity index is 1.69. The van der Waals surface area contributed by atoms with Gasteiger partial charge in [0.25, 0.3) is 5.56 Å². The molecule has 0 bridgehead atoms. The van der Waals surface area contributed by atoms with E-state index in [9.17, 15) is 9.59 Å². The molecule has 0 saturated heterocycles. The zero-order valence-electron chi connectivity index (χ0n) is 20.0. The van der Waals surface area contributed by atoms with Crippen LogP contribution in [0.2, 0.25) is 10.0 Å². The number of esters is 1. The van der Waals surface area contributed by atoms with Crippen LogP contribution in [0.3, 0.4) is 0 Å². The van der Waals surface area contributed by atoms with E-state index < -0.39 is 12.0 Å². The maximum absolute atomic E-state index is 13.7. The first kappa shape index (κ1) is 25.1. The molecule has 5 rings (SSSR count). The molecule has 4 aromatic rings. The summed E-state index contributed by atoms with van der Waals surface area (Å²) in [6, 6.07) is 15.1. The summed E-state index contributed by atoms with van der Waals surface area (Å²) in [6.07, 6.45) is 1.65. The molecule has 0 saturated carbocycles. The SMILES string of the molecule is COC(=O)C1=C(C)N=c2s/c(=C\c3ccc(-c4cccc(Cl)c4)o3)c(=O)n2[C@H]1c1cc(Cl)ccc1OC. The van der Waals surface area contributed by atoms with Gasteiger partial charge in [-0.25, -0.2) is 9.79 Å². The molecule has 0 fully saturated rings. The minimum absolute atomic E-state index is 0.225. The number of ether oxygens (including phenoxy) is 2. The van der Waals surface area contributed by atoms with Crippen LogP contribution in [-0.2, 0) is 9.53 Å². The van der Waals surface area contributed by atoms with Gasteiger partial charge in [0.2, 0.25) is 0 Å².